The average Bonchev–Trinajstić information content (AvgIpc) is 3.15. The van der Waals surface area contributed by atoms with Crippen LogP contribution < -0.4 is 5.32 Å². The maximum absolute atomic E-state index is 12.9. The maximum Gasteiger partial charge on any atom is 0.263 e. The predicted octanol–water partition coefficient (Wildman–Crippen LogP) is 4.28. The van der Waals surface area contributed by atoms with Crippen molar-refractivity contribution in [3.05, 3.63) is 50.1 Å². The van der Waals surface area contributed by atoms with Crippen LogP contribution >= 0.6 is 46.3 Å². The maximum atomic E-state index is 12.9. The summed E-state index contributed by atoms with van der Waals surface area (Å²) in [7, 11) is -3.68. The number of halogens is 2. The van der Waals surface area contributed by atoms with Gasteiger partial charge in [0.1, 0.15) is 9.77 Å². The zero-order chi connectivity index (χ0) is 19.6. The Kier molecular flexibility index (Phi) is 6.76. The van der Waals surface area contributed by atoms with E-state index in [9.17, 15) is 13.2 Å². The molecular formula is C17H18Cl2N2O3S3. The summed E-state index contributed by atoms with van der Waals surface area (Å²) in [5, 5.41) is 5.31. The van der Waals surface area contributed by atoms with E-state index in [1.807, 2.05) is 0 Å². The molecule has 27 heavy (non-hydrogen) atoms. The molecule has 0 saturated carbocycles. The smallest absolute Gasteiger partial charge is 0.263 e. The van der Waals surface area contributed by atoms with Crippen LogP contribution in [-0.2, 0) is 10.0 Å². The highest BCUT2D eigenvalue weighted by Crippen LogP contribution is 2.29. The number of rotatable bonds is 5. The standard InChI is InChI=1S/C17H18Cl2N2O3S3/c1-11(12-2-3-13(18)14(19)10-12)20-17(22)16-15(4-7-26-16)27(23,24)21-5-8-25-9-6-21/h2-4,7,10-11H,5-6,8-9H2,1H3,(H,20,22). The van der Waals surface area contributed by atoms with E-state index in [1.54, 1.807) is 42.3 Å². The van der Waals surface area contributed by atoms with E-state index in [0.29, 0.717) is 23.1 Å². The minimum atomic E-state index is -3.68. The van der Waals surface area contributed by atoms with Crippen molar-refractivity contribution < 1.29 is 13.2 Å². The highest BCUT2D eigenvalue weighted by molar-refractivity contribution is 7.99. The van der Waals surface area contributed by atoms with Gasteiger partial charge in [-0.25, -0.2) is 8.42 Å². The number of thioether (sulfide) groups is 1. The van der Waals surface area contributed by atoms with E-state index in [-0.39, 0.29) is 15.8 Å². The second-order valence-corrected chi connectivity index (χ2v) is 10.9. The van der Waals surface area contributed by atoms with Gasteiger partial charge in [0.15, 0.2) is 0 Å². The van der Waals surface area contributed by atoms with E-state index in [1.165, 1.54) is 10.4 Å². The molecule has 1 unspecified atom stereocenters. The molecule has 0 aliphatic carbocycles. The molecular weight excluding hydrogens is 447 g/mol. The third kappa shape index (κ3) is 4.63. The van der Waals surface area contributed by atoms with Crippen LogP contribution in [0.25, 0.3) is 0 Å². The van der Waals surface area contributed by atoms with Crippen molar-refractivity contribution in [3.63, 3.8) is 0 Å². The normalized spacial score (nSPS) is 16.9. The number of nitrogens with zero attached hydrogens (tertiary/aromatic N) is 1. The van der Waals surface area contributed by atoms with Crippen LogP contribution in [0.4, 0.5) is 0 Å². The number of carbonyl (C=O) groups excluding carboxylic acids is 1. The van der Waals surface area contributed by atoms with E-state index in [0.717, 1.165) is 28.4 Å². The number of sulfonamides is 1. The minimum absolute atomic E-state index is 0.0678. The van der Waals surface area contributed by atoms with Crippen LogP contribution in [0.15, 0.2) is 34.5 Å². The van der Waals surface area contributed by atoms with Gasteiger partial charge in [-0.05, 0) is 36.1 Å². The zero-order valence-electron chi connectivity index (χ0n) is 14.4. The second-order valence-electron chi connectivity index (χ2n) is 6.00. The number of thiophene rings is 1. The summed E-state index contributed by atoms with van der Waals surface area (Å²) in [4.78, 5) is 13.0. The number of amides is 1. The van der Waals surface area contributed by atoms with Crippen molar-refractivity contribution in [1.29, 1.82) is 0 Å². The van der Waals surface area contributed by atoms with Crippen LogP contribution in [0.5, 0.6) is 0 Å². The lowest BCUT2D eigenvalue weighted by molar-refractivity contribution is 0.0941. The van der Waals surface area contributed by atoms with Crippen LogP contribution in [-0.4, -0.2) is 43.2 Å². The Morgan fingerprint density at radius 2 is 1.89 bits per heavy atom. The number of hydrogen-bond donors (Lipinski definition) is 1. The Bertz CT molecular complexity index is 941. The predicted molar refractivity (Wildman–Crippen MR) is 113 cm³/mol. The molecule has 1 aromatic heterocycles. The van der Waals surface area contributed by atoms with Gasteiger partial charge in [0.25, 0.3) is 5.91 Å². The number of carbonyl (C=O) groups is 1. The minimum Gasteiger partial charge on any atom is -0.345 e. The van der Waals surface area contributed by atoms with Gasteiger partial charge in [0, 0.05) is 24.6 Å². The summed E-state index contributed by atoms with van der Waals surface area (Å²) in [6, 6.07) is 6.28. The highest BCUT2D eigenvalue weighted by atomic mass is 35.5. The van der Waals surface area contributed by atoms with E-state index in [4.69, 9.17) is 23.2 Å². The Morgan fingerprint density at radius 1 is 1.19 bits per heavy atom. The van der Waals surface area contributed by atoms with Crippen LogP contribution in [0, 0.1) is 0 Å². The first-order valence-electron chi connectivity index (χ1n) is 8.22. The van der Waals surface area contributed by atoms with Crippen molar-refractivity contribution in [2.75, 3.05) is 24.6 Å². The van der Waals surface area contributed by atoms with Gasteiger partial charge in [-0.2, -0.15) is 16.1 Å². The molecule has 10 heteroatoms. The molecule has 1 atom stereocenters. The lowest BCUT2D eigenvalue weighted by atomic mass is 10.1. The van der Waals surface area contributed by atoms with Crippen LogP contribution in [0.3, 0.4) is 0 Å². The summed E-state index contributed by atoms with van der Waals surface area (Å²) in [5.41, 5.74) is 0.784. The zero-order valence-corrected chi connectivity index (χ0v) is 18.4. The average molecular weight is 465 g/mol. The molecule has 2 heterocycles. The first-order chi connectivity index (χ1) is 12.8. The number of hydrogen-bond acceptors (Lipinski definition) is 5. The third-order valence-corrected chi connectivity index (χ3v) is 8.88. The first kappa shape index (κ1) is 21.0. The fourth-order valence-electron chi connectivity index (χ4n) is 2.72. The van der Waals surface area contributed by atoms with Crippen molar-refractivity contribution in [3.8, 4) is 0 Å². The largest absolute Gasteiger partial charge is 0.345 e. The fraction of sp³-hybridized carbons (Fsp3) is 0.353. The Hall–Kier alpha value is -0.770. The molecule has 5 nitrogen and oxygen atoms in total. The SMILES string of the molecule is CC(NC(=O)c1sccc1S(=O)(=O)N1CCSCC1)c1ccc(Cl)c(Cl)c1. The van der Waals surface area contributed by atoms with Gasteiger partial charge < -0.3 is 5.32 Å². The van der Waals surface area contributed by atoms with Crippen molar-refractivity contribution in [2.24, 2.45) is 0 Å². The van der Waals surface area contributed by atoms with Gasteiger partial charge in [-0.3, -0.25) is 4.79 Å². The molecule has 1 saturated heterocycles. The van der Waals surface area contributed by atoms with Crippen molar-refractivity contribution >= 4 is 62.2 Å². The summed E-state index contributed by atoms with van der Waals surface area (Å²) in [5.74, 6) is 1.10. The lowest BCUT2D eigenvalue weighted by Crippen LogP contribution is -2.38. The summed E-state index contributed by atoms with van der Waals surface area (Å²) in [6.07, 6.45) is 0. The molecule has 0 spiro atoms. The first-order valence-corrected chi connectivity index (χ1v) is 12.4. The second kappa shape index (κ2) is 8.71. The quantitative estimate of drug-likeness (QED) is 0.716. The Balaban J connectivity index is 1.80. The molecule has 2 aromatic rings. The molecule has 1 N–H and O–H groups in total. The molecule has 146 valence electrons. The molecule has 1 aromatic carbocycles. The molecule has 0 bridgehead atoms. The summed E-state index contributed by atoms with van der Waals surface area (Å²) in [6.45, 7) is 2.73. The Morgan fingerprint density at radius 3 is 2.56 bits per heavy atom. The third-order valence-electron chi connectivity index (χ3n) is 4.21. The molecule has 1 fully saturated rings. The fourth-order valence-corrected chi connectivity index (χ4v) is 6.91. The van der Waals surface area contributed by atoms with E-state index >= 15 is 0 Å². The highest BCUT2D eigenvalue weighted by Gasteiger charge is 2.31. The van der Waals surface area contributed by atoms with E-state index in [2.05, 4.69) is 5.32 Å². The van der Waals surface area contributed by atoms with Crippen LogP contribution in [0.1, 0.15) is 28.2 Å². The molecule has 0 radical (unpaired) electrons. The van der Waals surface area contributed by atoms with Gasteiger partial charge in [0.05, 0.1) is 16.1 Å². The van der Waals surface area contributed by atoms with Gasteiger partial charge >= 0.3 is 0 Å². The monoisotopic (exact) mass is 464 g/mol. The molecule has 3 rings (SSSR count). The van der Waals surface area contributed by atoms with Gasteiger partial charge in [0.2, 0.25) is 10.0 Å². The molecule has 1 aliphatic heterocycles. The van der Waals surface area contributed by atoms with Crippen LogP contribution in [0.2, 0.25) is 10.0 Å². The van der Waals surface area contributed by atoms with E-state index < -0.39 is 15.9 Å². The Labute approximate surface area is 177 Å². The molecule has 1 aliphatic rings. The van der Waals surface area contributed by atoms with Crippen molar-refractivity contribution in [2.45, 2.75) is 17.9 Å². The number of nitrogens with one attached hydrogen (secondary N) is 1. The summed E-state index contributed by atoms with van der Waals surface area (Å²) >= 11 is 14.8. The van der Waals surface area contributed by atoms with Crippen molar-refractivity contribution in [1.82, 2.24) is 9.62 Å². The lowest BCUT2D eigenvalue weighted by Gasteiger charge is -2.25. The van der Waals surface area contributed by atoms with Gasteiger partial charge in [-0.1, -0.05) is 29.3 Å². The summed E-state index contributed by atoms with van der Waals surface area (Å²) < 4.78 is 27.3. The topological polar surface area (TPSA) is 66.5 Å². The molecule has 1 amide bonds. The van der Waals surface area contributed by atoms with Gasteiger partial charge in [-0.15, -0.1) is 11.3 Å². The number of benzene rings is 1.